The number of hydrogen-bond acceptors (Lipinski definition) is 5. The van der Waals surface area contributed by atoms with Crippen LogP contribution in [0.4, 0.5) is 5.95 Å². The number of carboxylic acid groups (broad SMARTS) is 1. The molecule has 2 heterocycles. The maximum Gasteiger partial charge on any atom is 0.322 e. The van der Waals surface area contributed by atoms with Gasteiger partial charge in [0.25, 0.3) is 0 Å². The van der Waals surface area contributed by atoms with Gasteiger partial charge in [-0.1, -0.05) is 11.6 Å². The maximum absolute atomic E-state index is 10.9. The number of nitrogens with one attached hydrogen (secondary N) is 1. The maximum atomic E-state index is 10.9. The molecule has 6 nitrogen and oxygen atoms in total. The van der Waals surface area contributed by atoms with E-state index in [1.807, 2.05) is 11.8 Å². The van der Waals surface area contributed by atoms with Crippen LogP contribution in [0.1, 0.15) is 5.69 Å². The number of hydrogen-bond donors (Lipinski definition) is 2. The van der Waals surface area contributed by atoms with Gasteiger partial charge in [-0.3, -0.25) is 4.79 Å². The van der Waals surface area contributed by atoms with Crippen LogP contribution in [0.25, 0.3) is 0 Å². The number of aromatic nitrogens is 2. The standard InChI is InChI=1S/C10H13ClN4O2/c1-6-4-8(11)14-10(13-6)15-3-2-12-7(5-15)9(16)17/h4,7,12H,2-3,5H2,1H3,(H,16,17). The summed E-state index contributed by atoms with van der Waals surface area (Å²) in [7, 11) is 0. The van der Waals surface area contributed by atoms with Crippen molar-refractivity contribution in [2.45, 2.75) is 13.0 Å². The molecule has 1 fully saturated rings. The number of carbonyl (C=O) groups is 1. The van der Waals surface area contributed by atoms with Gasteiger partial charge in [-0.15, -0.1) is 0 Å². The number of aliphatic carboxylic acids is 1. The van der Waals surface area contributed by atoms with Crippen LogP contribution < -0.4 is 10.2 Å². The minimum Gasteiger partial charge on any atom is -0.480 e. The molecule has 1 atom stereocenters. The number of halogens is 1. The second-order valence-electron chi connectivity index (χ2n) is 3.92. The molecular weight excluding hydrogens is 244 g/mol. The van der Waals surface area contributed by atoms with Crippen LogP contribution >= 0.6 is 11.6 Å². The molecule has 0 spiro atoms. The molecule has 0 aromatic carbocycles. The third kappa shape index (κ3) is 2.83. The molecule has 2 N–H and O–H groups in total. The first kappa shape index (κ1) is 12.1. The van der Waals surface area contributed by atoms with Gasteiger partial charge in [0, 0.05) is 25.3 Å². The van der Waals surface area contributed by atoms with Crippen molar-refractivity contribution in [1.82, 2.24) is 15.3 Å². The first-order chi connectivity index (χ1) is 8.06. The topological polar surface area (TPSA) is 78.4 Å². The molecule has 7 heteroatoms. The lowest BCUT2D eigenvalue weighted by atomic mass is 10.2. The van der Waals surface area contributed by atoms with Crippen molar-refractivity contribution in [3.05, 3.63) is 16.9 Å². The minimum atomic E-state index is -0.867. The monoisotopic (exact) mass is 256 g/mol. The Bertz CT molecular complexity index is 420. The predicted octanol–water partition coefficient (Wildman–Crippen LogP) is 0.301. The van der Waals surface area contributed by atoms with E-state index in [1.165, 1.54) is 0 Å². The van der Waals surface area contributed by atoms with Gasteiger partial charge in [-0.2, -0.15) is 0 Å². The molecule has 1 aromatic heterocycles. The van der Waals surface area contributed by atoms with E-state index in [0.29, 0.717) is 30.7 Å². The van der Waals surface area contributed by atoms with Gasteiger partial charge in [0.1, 0.15) is 11.2 Å². The van der Waals surface area contributed by atoms with Crippen molar-refractivity contribution in [2.24, 2.45) is 0 Å². The molecule has 0 amide bonds. The number of rotatable bonds is 2. The molecule has 92 valence electrons. The van der Waals surface area contributed by atoms with Crippen molar-refractivity contribution in [2.75, 3.05) is 24.5 Å². The van der Waals surface area contributed by atoms with Crippen molar-refractivity contribution in [3.63, 3.8) is 0 Å². The van der Waals surface area contributed by atoms with Crippen molar-refractivity contribution in [1.29, 1.82) is 0 Å². The first-order valence-electron chi connectivity index (χ1n) is 5.28. The summed E-state index contributed by atoms with van der Waals surface area (Å²) in [5.41, 5.74) is 0.769. The van der Waals surface area contributed by atoms with Gasteiger partial charge < -0.3 is 15.3 Å². The molecule has 1 aromatic rings. The Morgan fingerprint density at radius 1 is 1.65 bits per heavy atom. The van der Waals surface area contributed by atoms with E-state index in [9.17, 15) is 4.79 Å². The molecule has 2 rings (SSSR count). The average molecular weight is 257 g/mol. The van der Waals surface area contributed by atoms with Gasteiger partial charge in [0.05, 0.1) is 0 Å². The van der Waals surface area contributed by atoms with Crippen LogP contribution in [-0.2, 0) is 4.79 Å². The summed E-state index contributed by atoms with van der Waals surface area (Å²) in [6, 6.07) is 1.08. The Hall–Kier alpha value is -1.40. The highest BCUT2D eigenvalue weighted by atomic mass is 35.5. The van der Waals surface area contributed by atoms with Crippen LogP contribution in [0.2, 0.25) is 5.15 Å². The largest absolute Gasteiger partial charge is 0.480 e. The van der Waals surface area contributed by atoms with E-state index < -0.39 is 12.0 Å². The quantitative estimate of drug-likeness (QED) is 0.741. The zero-order valence-electron chi connectivity index (χ0n) is 9.35. The van der Waals surface area contributed by atoms with E-state index >= 15 is 0 Å². The number of carboxylic acids is 1. The summed E-state index contributed by atoms with van der Waals surface area (Å²) < 4.78 is 0. The average Bonchev–Trinajstić information content (AvgIpc) is 2.28. The third-order valence-corrected chi connectivity index (χ3v) is 2.76. The number of piperazine rings is 1. The fraction of sp³-hybridized carbons (Fsp3) is 0.500. The fourth-order valence-corrected chi connectivity index (χ4v) is 1.99. The van der Waals surface area contributed by atoms with Crippen LogP contribution in [-0.4, -0.2) is 46.7 Å². The van der Waals surface area contributed by atoms with Crippen LogP contribution in [0.5, 0.6) is 0 Å². The van der Waals surface area contributed by atoms with Crippen LogP contribution in [0.15, 0.2) is 6.07 Å². The molecule has 0 saturated carbocycles. The summed E-state index contributed by atoms with van der Waals surface area (Å²) >= 11 is 5.86. The molecule has 1 saturated heterocycles. The first-order valence-corrected chi connectivity index (χ1v) is 5.66. The lowest BCUT2D eigenvalue weighted by molar-refractivity contribution is -0.139. The molecule has 0 bridgehead atoms. The highest BCUT2D eigenvalue weighted by molar-refractivity contribution is 6.29. The van der Waals surface area contributed by atoms with Gasteiger partial charge >= 0.3 is 5.97 Å². The Morgan fingerprint density at radius 2 is 2.41 bits per heavy atom. The van der Waals surface area contributed by atoms with E-state index in [2.05, 4.69) is 15.3 Å². The SMILES string of the molecule is Cc1cc(Cl)nc(N2CCNC(C(=O)O)C2)n1. The smallest absolute Gasteiger partial charge is 0.322 e. The normalized spacial score (nSPS) is 20.4. The van der Waals surface area contributed by atoms with Gasteiger partial charge in [-0.25, -0.2) is 9.97 Å². The lowest BCUT2D eigenvalue weighted by Gasteiger charge is -2.31. The predicted molar refractivity (Wildman–Crippen MR) is 63.4 cm³/mol. The molecule has 17 heavy (non-hydrogen) atoms. The Labute approximate surface area is 104 Å². The Balaban J connectivity index is 2.18. The summed E-state index contributed by atoms with van der Waals surface area (Å²) in [4.78, 5) is 21.1. The molecule has 1 aliphatic heterocycles. The van der Waals surface area contributed by atoms with Gasteiger partial charge in [0.2, 0.25) is 5.95 Å². The second-order valence-corrected chi connectivity index (χ2v) is 4.31. The number of aryl methyl sites for hydroxylation is 1. The minimum absolute atomic E-state index is 0.342. The summed E-state index contributed by atoms with van der Waals surface area (Å²) in [5.74, 6) is -0.379. The summed E-state index contributed by atoms with van der Waals surface area (Å²) in [5, 5.41) is 12.2. The molecular formula is C10H13ClN4O2. The van der Waals surface area contributed by atoms with Gasteiger partial charge in [-0.05, 0) is 13.0 Å². The van der Waals surface area contributed by atoms with Gasteiger partial charge in [0.15, 0.2) is 0 Å². The zero-order chi connectivity index (χ0) is 12.4. The summed E-state index contributed by atoms with van der Waals surface area (Å²) in [6.45, 7) is 3.43. The van der Waals surface area contributed by atoms with Crippen molar-refractivity contribution < 1.29 is 9.90 Å². The van der Waals surface area contributed by atoms with E-state index in [0.717, 1.165) is 5.69 Å². The highest BCUT2D eigenvalue weighted by Gasteiger charge is 2.26. The van der Waals surface area contributed by atoms with E-state index in [1.54, 1.807) is 6.07 Å². The lowest BCUT2D eigenvalue weighted by Crippen LogP contribution is -2.54. The zero-order valence-corrected chi connectivity index (χ0v) is 10.1. The summed E-state index contributed by atoms with van der Waals surface area (Å²) in [6.07, 6.45) is 0. The second kappa shape index (κ2) is 4.85. The molecule has 0 aliphatic carbocycles. The highest BCUT2D eigenvalue weighted by Crippen LogP contribution is 2.15. The number of anilines is 1. The third-order valence-electron chi connectivity index (χ3n) is 2.57. The Morgan fingerprint density at radius 3 is 3.06 bits per heavy atom. The van der Waals surface area contributed by atoms with Crippen LogP contribution in [0.3, 0.4) is 0 Å². The van der Waals surface area contributed by atoms with Crippen LogP contribution in [0, 0.1) is 6.92 Å². The van der Waals surface area contributed by atoms with Crippen molar-refractivity contribution in [3.8, 4) is 0 Å². The fourth-order valence-electron chi connectivity index (χ4n) is 1.75. The van der Waals surface area contributed by atoms with E-state index in [4.69, 9.17) is 16.7 Å². The molecule has 1 unspecified atom stereocenters. The Kier molecular flexibility index (Phi) is 3.44. The number of nitrogens with zero attached hydrogens (tertiary/aromatic N) is 3. The molecule has 1 aliphatic rings. The molecule has 0 radical (unpaired) electrons. The van der Waals surface area contributed by atoms with E-state index in [-0.39, 0.29) is 0 Å². The van der Waals surface area contributed by atoms with Crippen molar-refractivity contribution >= 4 is 23.5 Å².